The number of sulfonamides is 1. The Morgan fingerprint density at radius 3 is 2.42 bits per heavy atom. The lowest BCUT2D eigenvalue weighted by Crippen LogP contribution is -2.53. The Balaban J connectivity index is 1.93. The highest BCUT2D eigenvalue weighted by molar-refractivity contribution is 7.92. The monoisotopic (exact) mass is 515 g/mol. The molecule has 9 heteroatoms. The number of carbonyl (C=O) groups excluding carboxylic acids is 2. The summed E-state index contributed by atoms with van der Waals surface area (Å²) in [7, 11) is -2.30. The lowest BCUT2D eigenvalue weighted by atomic mass is 10.1. The maximum absolute atomic E-state index is 13.8. The molecule has 0 aromatic heterocycles. The predicted octanol–water partition coefficient (Wildman–Crippen LogP) is 3.64. The van der Waals surface area contributed by atoms with Gasteiger partial charge in [-0.15, -0.1) is 0 Å². The van der Waals surface area contributed by atoms with Gasteiger partial charge >= 0.3 is 0 Å². The van der Waals surface area contributed by atoms with Crippen LogP contribution in [0.4, 0.5) is 5.69 Å². The fraction of sp³-hybridized carbons (Fsp3) is 0.481. The molecule has 8 nitrogen and oxygen atoms in total. The van der Waals surface area contributed by atoms with E-state index in [1.54, 1.807) is 24.3 Å². The second-order valence-electron chi connectivity index (χ2n) is 9.40. The lowest BCUT2D eigenvalue weighted by molar-refractivity contribution is -0.140. The van der Waals surface area contributed by atoms with Crippen LogP contribution in [0.15, 0.2) is 48.5 Å². The number of ether oxygens (including phenoxy) is 1. The van der Waals surface area contributed by atoms with Gasteiger partial charge in [-0.25, -0.2) is 8.42 Å². The number of methoxy groups -OCH3 is 1. The number of nitrogens with zero attached hydrogens (tertiary/aromatic N) is 2. The van der Waals surface area contributed by atoms with Crippen LogP contribution < -0.4 is 14.4 Å². The average Bonchev–Trinajstić information content (AvgIpc) is 3.34. The van der Waals surface area contributed by atoms with Gasteiger partial charge in [0.2, 0.25) is 21.8 Å². The lowest BCUT2D eigenvalue weighted by Gasteiger charge is -2.33. The summed E-state index contributed by atoms with van der Waals surface area (Å²) in [4.78, 5) is 28.6. The first-order valence-corrected chi connectivity index (χ1v) is 14.2. The van der Waals surface area contributed by atoms with E-state index in [2.05, 4.69) is 5.32 Å². The van der Waals surface area contributed by atoms with Crippen LogP contribution in [0.2, 0.25) is 0 Å². The van der Waals surface area contributed by atoms with Crippen LogP contribution in [-0.2, 0) is 26.2 Å². The third-order valence-electron chi connectivity index (χ3n) is 6.54. The summed E-state index contributed by atoms with van der Waals surface area (Å²) in [6.07, 6.45) is 5.51. The first-order chi connectivity index (χ1) is 17.1. The number of hydrogen-bond donors (Lipinski definition) is 1. The molecule has 0 bridgehead atoms. The normalized spacial score (nSPS) is 14.8. The van der Waals surface area contributed by atoms with Crippen LogP contribution in [0.5, 0.6) is 5.75 Å². The maximum Gasteiger partial charge on any atom is 0.244 e. The highest BCUT2D eigenvalue weighted by Crippen LogP contribution is 2.24. The molecule has 1 saturated carbocycles. The third kappa shape index (κ3) is 7.22. The van der Waals surface area contributed by atoms with Crippen molar-refractivity contribution in [3.05, 3.63) is 59.7 Å². The van der Waals surface area contributed by atoms with Crippen LogP contribution in [0.3, 0.4) is 0 Å². The molecule has 2 aromatic rings. The van der Waals surface area contributed by atoms with E-state index >= 15 is 0 Å². The zero-order valence-corrected chi connectivity index (χ0v) is 22.4. The summed E-state index contributed by atoms with van der Waals surface area (Å²) in [5.74, 6) is -0.163. The fourth-order valence-electron chi connectivity index (χ4n) is 4.67. The molecule has 1 aliphatic carbocycles. The molecule has 1 atom stereocenters. The van der Waals surface area contributed by atoms with Crippen molar-refractivity contribution in [1.29, 1.82) is 0 Å². The number of anilines is 1. The first-order valence-electron chi connectivity index (χ1n) is 12.4. The number of nitrogens with one attached hydrogen (secondary N) is 1. The molecule has 3 rings (SSSR count). The molecular formula is C27H37N3O5S. The number of amides is 2. The van der Waals surface area contributed by atoms with Crippen molar-refractivity contribution in [2.45, 2.75) is 64.6 Å². The minimum atomic E-state index is -3.79. The van der Waals surface area contributed by atoms with Gasteiger partial charge in [0.05, 0.1) is 19.1 Å². The van der Waals surface area contributed by atoms with Gasteiger partial charge in [0.1, 0.15) is 18.3 Å². The van der Waals surface area contributed by atoms with Crippen molar-refractivity contribution in [2.75, 3.05) is 24.2 Å². The Labute approximate surface area is 214 Å². The Hall–Kier alpha value is -3.07. The molecule has 2 aromatic carbocycles. The van der Waals surface area contributed by atoms with E-state index in [0.717, 1.165) is 47.4 Å². The molecule has 0 heterocycles. The van der Waals surface area contributed by atoms with Crippen LogP contribution in [0, 0.1) is 6.92 Å². The van der Waals surface area contributed by atoms with E-state index in [-0.39, 0.29) is 18.5 Å². The van der Waals surface area contributed by atoms with E-state index in [1.807, 2.05) is 38.1 Å². The summed E-state index contributed by atoms with van der Waals surface area (Å²) < 4.78 is 31.8. The fourth-order valence-corrected chi connectivity index (χ4v) is 5.51. The minimum Gasteiger partial charge on any atom is -0.497 e. The molecule has 0 aliphatic heterocycles. The van der Waals surface area contributed by atoms with Crippen molar-refractivity contribution in [3.8, 4) is 5.75 Å². The highest BCUT2D eigenvalue weighted by Gasteiger charge is 2.33. The Bertz CT molecular complexity index is 1160. The van der Waals surface area contributed by atoms with Crippen molar-refractivity contribution < 1.29 is 22.7 Å². The summed E-state index contributed by atoms with van der Waals surface area (Å²) >= 11 is 0. The molecule has 36 heavy (non-hydrogen) atoms. The maximum atomic E-state index is 13.8. The summed E-state index contributed by atoms with van der Waals surface area (Å²) in [5.41, 5.74) is 2.24. The number of carbonyl (C=O) groups is 2. The molecular weight excluding hydrogens is 478 g/mol. The number of hydrogen-bond acceptors (Lipinski definition) is 5. The molecule has 1 N–H and O–H groups in total. The van der Waals surface area contributed by atoms with Gasteiger partial charge < -0.3 is 15.0 Å². The van der Waals surface area contributed by atoms with E-state index in [9.17, 15) is 18.0 Å². The highest BCUT2D eigenvalue weighted by atomic mass is 32.2. The molecule has 1 aliphatic rings. The Morgan fingerprint density at radius 1 is 1.11 bits per heavy atom. The molecule has 0 saturated heterocycles. The summed E-state index contributed by atoms with van der Waals surface area (Å²) in [5, 5.41) is 3.11. The molecule has 2 amide bonds. The molecule has 1 fully saturated rings. The SMILES string of the molecule is CC[C@@H](C(=O)NC1CCCC1)N(Cc1cccc(C)c1)C(=O)CN(c1cccc(OC)c1)S(C)(=O)=O. The van der Waals surface area contributed by atoms with Gasteiger partial charge in [0.15, 0.2) is 0 Å². The summed E-state index contributed by atoms with van der Waals surface area (Å²) in [6.45, 7) is 3.61. The van der Waals surface area contributed by atoms with Gasteiger partial charge in [-0.1, -0.05) is 55.7 Å². The molecule has 0 unspecified atom stereocenters. The van der Waals surface area contributed by atoms with Gasteiger partial charge in [-0.2, -0.15) is 0 Å². The second-order valence-corrected chi connectivity index (χ2v) is 11.3. The Kier molecular flexibility index (Phi) is 9.37. The van der Waals surface area contributed by atoms with E-state index in [1.165, 1.54) is 12.0 Å². The van der Waals surface area contributed by atoms with Gasteiger partial charge in [-0.3, -0.25) is 13.9 Å². The van der Waals surface area contributed by atoms with Crippen LogP contribution >= 0.6 is 0 Å². The molecule has 0 spiro atoms. The van der Waals surface area contributed by atoms with Gasteiger partial charge in [0, 0.05) is 18.7 Å². The molecule has 0 radical (unpaired) electrons. The average molecular weight is 516 g/mol. The van der Waals surface area contributed by atoms with Gasteiger partial charge in [-0.05, 0) is 43.9 Å². The van der Waals surface area contributed by atoms with Crippen molar-refractivity contribution in [2.24, 2.45) is 0 Å². The molecule has 196 valence electrons. The van der Waals surface area contributed by atoms with Crippen LogP contribution in [0.1, 0.15) is 50.2 Å². The van der Waals surface area contributed by atoms with Crippen LogP contribution in [-0.4, -0.2) is 57.1 Å². The number of rotatable bonds is 11. The first kappa shape index (κ1) is 27.5. The van der Waals surface area contributed by atoms with Crippen molar-refractivity contribution in [3.63, 3.8) is 0 Å². The summed E-state index contributed by atoms with van der Waals surface area (Å²) in [6, 6.07) is 13.7. The third-order valence-corrected chi connectivity index (χ3v) is 7.68. The quantitative estimate of drug-likeness (QED) is 0.493. The van der Waals surface area contributed by atoms with Crippen LogP contribution in [0.25, 0.3) is 0 Å². The van der Waals surface area contributed by atoms with Gasteiger partial charge in [0.25, 0.3) is 0 Å². The predicted molar refractivity (Wildman–Crippen MR) is 141 cm³/mol. The smallest absolute Gasteiger partial charge is 0.244 e. The zero-order valence-electron chi connectivity index (χ0n) is 21.6. The minimum absolute atomic E-state index is 0.117. The second kappa shape index (κ2) is 12.3. The van der Waals surface area contributed by atoms with E-state index in [4.69, 9.17) is 4.74 Å². The number of aryl methyl sites for hydroxylation is 1. The standard InChI is InChI=1S/C27H37N3O5S/c1-5-25(27(32)28-22-12-6-7-13-22)29(18-21-11-8-10-20(2)16-21)26(31)19-30(36(4,33)34)23-14-9-15-24(17-23)35-3/h8-11,14-17,22,25H,5-7,12-13,18-19H2,1-4H3,(H,28,32)/t25-/m0/s1. The topological polar surface area (TPSA) is 96.0 Å². The zero-order chi connectivity index (χ0) is 26.3. The largest absolute Gasteiger partial charge is 0.497 e. The van der Waals surface area contributed by atoms with E-state index < -0.39 is 28.5 Å². The van der Waals surface area contributed by atoms with Crippen molar-refractivity contribution >= 4 is 27.5 Å². The Morgan fingerprint density at radius 2 is 1.81 bits per heavy atom. The van der Waals surface area contributed by atoms with E-state index in [0.29, 0.717) is 17.9 Å². The van der Waals surface area contributed by atoms with Crippen molar-refractivity contribution in [1.82, 2.24) is 10.2 Å². The number of benzene rings is 2.